The van der Waals surface area contributed by atoms with Crippen molar-refractivity contribution in [1.82, 2.24) is 0 Å². The Hall–Kier alpha value is -1.07. The van der Waals surface area contributed by atoms with E-state index in [9.17, 15) is 13.2 Å². The van der Waals surface area contributed by atoms with Crippen LogP contribution in [0.2, 0.25) is 0 Å². The molecule has 78 valence electrons. The minimum absolute atomic E-state index is 0.0166. The summed E-state index contributed by atoms with van der Waals surface area (Å²) in [7, 11) is 0. The zero-order valence-electron chi connectivity index (χ0n) is 7.30. The van der Waals surface area contributed by atoms with Crippen LogP contribution in [0, 0.1) is 17.5 Å². The second kappa shape index (κ2) is 4.43. The maximum Gasteiger partial charge on any atom is 0.166 e. The monoisotopic (exact) mass is 205 g/mol. The van der Waals surface area contributed by atoms with Gasteiger partial charge in [-0.15, -0.1) is 0 Å². The molecule has 0 radical (unpaired) electrons. The molecule has 0 aromatic heterocycles. The lowest BCUT2D eigenvalue weighted by molar-refractivity contribution is 0.273. The van der Waals surface area contributed by atoms with Crippen molar-refractivity contribution in [2.45, 2.75) is 12.5 Å². The van der Waals surface area contributed by atoms with Crippen LogP contribution in [0.25, 0.3) is 0 Å². The Morgan fingerprint density at radius 1 is 1.21 bits per heavy atom. The van der Waals surface area contributed by atoms with E-state index in [0.717, 1.165) is 6.07 Å². The fraction of sp³-hybridized carbons (Fsp3) is 0.333. The predicted molar refractivity (Wildman–Crippen MR) is 44.9 cm³/mol. The number of hydrogen-bond donors (Lipinski definition) is 2. The first-order valence-corrected chi connectivity index (χ1v) is 4.07. The van der Waals surface area contributed by atoms with Crippen LogP contribution >= 0.6 is 0 Å². The minimum atomic E-state index is -1.29. The molecular weight excluding hydrogens is 195 g/mol. The lowest BCUT2D eigenvalue weighted by Gasteiger charge is -2.12. The average Bonchev–Trinajstić information content (AvgIpc) is 2.13. The van der Waals surface area contributed by atoms with Crippen molar-refractivity contribution in [3.63, 3.8) is 0 Å². The number of aliphatic hydroxyl groups excluding tert-OH is 1. The summed E-state index contributed by atoms with van der Waals surface area (Å²) in [6.45, 7) is -0.309. The Morgan fingerprint density at radius 3 is 2.36 bits per heavy atom. The molecule has 0 fully saturated rings. The average molecular weight is 205 g/mol. The van der Waals surface area contributed by atoms with E-state index in [-0.39, 0.29) is 13.0 Å². The van der Waals surface area contributed by atoms with Crippen molar-refractivity contribution in [2.75, 3.05) is 6.61 Å². The van der Waals surface area contributed by atoms with E-state index in [2.05, 4.69) is 0 Å². The van der Waals surface area contributed by atoms with Gasteiger partial charge in [0.05, 0.1) is 0 Å². The van der Waals surface area contributed by atoms with Gasteiger partial charge in [-0.2, -0.15) is 0 Å². The van der Waals surface area contributed by atoms with Gasteiger partial charge in [-0.3, -0.25) is 0 Å². The SMILES string of the molecule is NC(CCO)c1c(F)ccc(F)c1F. The molecule has 0 spiro atoms. The molecule has 0 heterocycles. The maximum atomic E-state index is 13.1. The molecule has 1 rings (SSSR count). The van der Waals surface area contributed by atoms with E-state index in [0.29, 0.717) is 6.07 Å². The molecule has 5 heteroatoms. The van der Waals surface area contributed by atoms with Gasteiger partial charge in [0.2, 0.25) is 0 Å². The van der Waals surface area contributed by atoms with Crippen LogP contribution in [0.15, 0.2) is 12.1 Å². The Morgan fingerprint density at radius 2 is 1.79 bits per heavy atom. The van der Waals surface area contributed by atoms with E-state index < -0.39 is 29.1 Å². The third-order valence-corrected chi connectivity index (χ3v) is 1.89. The Bertz CT molecular complexity index is 330. The first kappa shape index (κ1) is 11.0. The third kappa shape index (κ3) is 2.05. The molecule has 0 amide bonds. The highest BCUT2D eigenvalue weighted by Crippen LogP contribution is 2.22. The molecule has 14 heavy (non-hydrogen) atoms. The fourth-order valence-electron chi connectivity index (χ4n) is 1.17. The molecule has 0 aliphatic heterocycles. The van der Waals surface area contributed by atoms with Gasteiger partial charge in [0.25, 0.3) is 0 Å². The highest BCUT2D eigenvalue weighted by molar-refractivity contribution is 5.24. The summed E-state index contributed by atoms with van der Waals surface area (Å²) in [6.07, 6.45) is -0.0166. The Kier molecular flexibility index (Phi) is 3.49. The van der Waals surface area contributed by atoms with E-state index in [4.69, 9.17) is 10.8 Å². The van der Waals surface area contributed by atoms with Gasteiger partial charge in [0.15, 0.2) is 11.6 Å². The Labute approximate surface area is 79.2 Å². The molecule has 0 aliphatic rings. The quantitative estimate of drug-likeness (QED) is 0.734. The van der Waals surface area contributed by atoms with Crippen molar-refractivity contribution >= 4 is 0 Å². The normalized spacial score (nSPS) is 12.9. The van der Waals surface area contributed by atoms with Crippen molar-refractivity contribution in [1.29, 1.82) is 0 Å². The van der Waals surface area contributed by atoms with Crippen molar-refractivity contribution in [3.05, 3.63) is 35.1 Å². The number of rotatable bonds is 3. The minimum Gasteiger partial charge on any atom is -0.396 e. The molecular formula is C9H10F3NO. The summed E-state index contributed by atoms with van der Waals surface area (Å²) in [6, 6.07) is 0.473. The van der Waals surface area contributed by atoms with Crippen LogP contribution in [0.5, 0.6) is 0 Å². The lowest BCUT2D eigenvalue weighted by Crippen LogP contribution is -2.16. The van der Waals surface area contributed by atoms with Gasteiger partial charge < -0.3 is 10.8 Å². The van der Waals surface area contributed by atoms with E-state index in [1.54, 1.807) is 0 Å². The maximum absolute atomic E-state index is 13.1. The van der Waals surface area contributed by atoms with Crippen LogP contribution in [-0.2, 0) is 0 Å². The summed E-state index contributed by atoms with van der Waals surface area (Å²) in [4.78, 5) is 0. The van der Waals surface area contributed by atoms with Gasteiger partial charge in [-0.25, -0.2) is 13.2 Å². The largest absolute Gasteiger partial charge is 0.396 e. The smallest absolute Gasteiger partial charge is 0.166 e. The third-order valence-electron chi connectivity index (χ3n) is 1.89. The van der Waals surface area contributed by atoms with Crippen LogP contribution in [0.3, 0.4) is 0 Å². The van der Waals surface area contributed by atoms with Gasteiger partial charge in [-0.1, -0.05) is 0 Å². The summed E-state index contributed by atoms with van der Waals surface area (Å²) < 4.78 is 38.8. The van der Waals surface area contributed by atoms with E-state index in [1.807, 2.05) is 0 Å². The highest BCUT2D eigenvalue weighted by Gasteiger charge is 2.19. The van der Waals surface area contributed by atoms with Crippen LogP contribution < -0.4 is 5.73 Å². The van der Waals surface area contributed by atoms with Gasteiger partial charge in [0.1, 0.15) is 5.82 Å². The number of aliphatic hydroxyl groups is 1. The second-order valence-corrected chi connectivity index (χ2v) is 2.88. The predicted octanol–water partition coefficient (Wildman–Crippen LogP) is 1.49. The summed E-state index contributed by atoms with van der Waals surface area (Å²) >= 11 is 0. The molecule has 1 aromatic rings. The molecule has 0 saturated heterocycles. The van der Waals surface area contributed by atoms with Gasteiger partial charge in [-0.05, 0) is 18.6 Å². The van der Waals surface area contributed by atoms with Crippen molar-refractivity contribution in [2.24, 2.45) is 5.73 Å². The van der Waals surface area contributed by atoms with Crippen molar-refractivity contribution < 1.29 is 18.3 Å². The lowest BCUT2D eigenvalue weighted by atomic mass is 10.0. The van der Waals surface area contributed by atoms with Crippen LogP contribution in [-0.4, -0.2) is 11.7 Å². The van der Waals surface area contributed by atoms with Gasteiger partial charge in [0, 0.05) is 18.2 Å². The number of halogens is 3. The molecule has 0 saturated carbocycles. The summed E-state index contributed by atoms with van der Waals surface area (Å²) in [5.41, 5.74) is 4.85. The molecule has 0 bridgehead atoms. The first-order chi connectivity index (χ1) is 6.57. The van der Waals surface area contributed by atoms with Crippen LogP contribution in [0.1, 0.15) is 18.0 Å². The Balaban J connectivity index is 3.11. The molecule has 2 nitrogen and oxygen atoms in total. The number of nitrogens with two attached hydrogens (primary N) is 1. The summed E-state index contributed by atoms with van der Waals surface area (Å²) in [5.74, 6) is -3.33. The summed E-state index contributed by atoms with van der Waals surface area (Å²) in [5, 5.41) is 8.53. The molecule has 1 unspecified atom stereocenters. The van der Waals surface area contributed by atoms with Crippen molar-refractivity contribution in [3.8, 4) is 0 Å². The van der Waals surface area contributed by atoms with Gasteiger partial charge >= 0.3 is 0 Å². The van der Waals surface area contributed by atoms with E-state index in [1.165, 1.54) is 0 Å². The standard InChI is InChI=1S/C9H10F3NO/c10-5-1-2-6(11)9(12)8(5)7(13)3-4-14/h1-2,7,14H,3-4,13H2. The molecule has 1 aromatic carbocycles. The molecule has 0 aliphatic carbocycles. The van der Waals surface area contributed by atoms with E-state index >= 15 is 0 Å². The topological polar surface area (TPSA) is 46.2 Å². The second-order valence-electron chi connectivity index (χ2n) is 2.88. The zero-order chi connectivity index (χ0) is 10.7. The zero-order valence-corrected chi connectivity index (χ0v) is 7.30. The molecule has 1 atom stereocenters. The number of hydrogen-bond acceptors (Lipinski definition) is 2. The van der Waals surface area contributed by atoms with Crippen LogP contribution in [0.4, 0.5) is 13.2 Å². The number of benzene rings is 1. The highest BCUT2D eigenvalue weighted by atomic mass is 19.2. The molecule has 3 N–H and O–H groups in total. The first-order valence-electron chi connectivity index (χ1n) is 4.07. The fourth-order valence-corrected chi connectivity index (χ4v) is 1.17.